The van der Waals surface area contributed by atoms with Gasteiger partial charge in [-0.15, -0.1) is 11.6 Å². The predicted molar refractivity (Wildman–Crippen MR) is 113 cm³/mol. The summed E-state index contributed by atoms with van der Waals surface area (Å²) in [5.41, 5.74) is 5.84. The maximum absolute atomic E-state index is 12.7. The van der Waals surface area contributed by atoms with Gasteiger partial charge >= 0.3 is 6.09 Å². The number of fused-ring (bicyclic) bond motifs is 3. The Bertz CT molecular complexity index is 928. The Balaban J connectivity index is 1.51. The fourth-order valence-corrected chi connectivity index (χ4v) is 4.30. The van der Waals surface area contributed by atoms with E-state index in [0.29, 0.717) is 12.5 Å². The summed E-state index contributed by atoms with van der Waals surface area (Å²) in [6, 6.07) is 26.2. The standard InChI is InChI=1S/C24H22ClNO2/c1-26(23(15-25)17-9-3-2-4-10-17)24(27)28-16-22-20-13-7-5-11-18(20)19-12-6-8-14-21(19)22/h2-14,22-23H,15-16H2,1H3. The van der Waals surface area contributed by atoms with Gasteiger partial charge in [0.25, 0.3) is 0 Å². The quantitative estimate of drug-likeness (QED) is 0.511. The van der Waals surface area contributed by atoms with Crippen molar-refractivity contribution in [3.8, 4) is 11.1 Å². The lowest BCUT2D eigenvalue weighted by atomic mass is 9.98. The molecule has 0 heterocycles. The van der Waals surface area contributed by atoms with E-state index in [9.17, 15) is 4.79 Å². The number of carbonyl (C=O) groups excluding carboxylic acids is 1. The SMILES string of the molecule is CN(C(=O)OCC1c2ccccc2-c2ccccc21)C(CCl)c1ccccc1. The number of amides is 1. The molecular weight excluding hydrogens is 370 g/mol. The first-order chi connectivity index (χ1) is 13.7. The van der Waals surface area contributed by atoms with E-state index in [2.05, 4.69) is 24.3 Å². The molecule has 142 valence electrons. The lowest BCUT2D eigenvalue weighted by Crippen LogP contribution is -2.33. The van der Waals surface area contributed by atoms with Crippen molar-refractivity contribution in [1.82, 2.24) is 4.90 Å². The van der Waals surface area contributed by atoms with E-state index >= 15 is 0 Å². The van der Waals surface area contributed by atoms with Gasteiger partial charge in [0.05, 0.1) is 6.04 Å². The Morgan fingerprint density at radius 2 is 1.46 bits per heavy atom. The van der Waals surface area contributed by atoms with Gasteiger partial charge in [-0.1, -0.05) is 78.9 Å². The molecule has 1 unspecified atom stereocenters. The number of hydrogen-bond donors (Lipinski definition) is 0. The van der Waals surface area contributed by atoms with Crippen molar-refractivity contribution in [1.29, 1.82) is 0 Å². The molecule has 3 aromatic rings. The molecule has 1 aliphatic rings. The molecule has 4 heteroatoms. The molecule has 0 bridgehead atoms. The van der Waals surface area contributed by atoms with Crippen molar-refractivity contribution in [3.63, 3.8) is 0 Å². The van der Waals surface area contributed by atoms with Crippen molar-refractivity contribution < 1.29 is 9.53 Å². The first kappa shape index (κ1) is 18.6. The molecule has 1 amide bonds. The Morgan fingerprint density at radius 1 is 0.929 bits per heavy atom. The maximum Gasteiger partial charge on any atom is 0.410 e. The number of alkyl halides is 1. The average molecular weight is 392 g/mol. The van der Waals surface area contributed by atoms with Crippen LogP contribution in [0.1, 0.15) is 28.7 Å². The molecule has 0 radical (unpaired) electrons. The van der Waals surface area contributed by atoms with E-state index in [4.69, 9.17) is 16.3 Å². The minimum atomic E-state index is -0.364. The van der Waals surface area contributed by atoms with Crippen LogP contribution < -0.4 is 0 Å². The van der Waals surface area contributed by atoms with Crippen molar-refractivity contribution in [3.05, 3.63) is 95.6 Å². The van der Waals surface area contributed by atoms with E-state index in [1.165, 1.54) is 22.3 Å². The van der Waals surface area contributed by atoms with Crippen LogP contribution in [0, 0.1) is 0 Å². The second-order valence-electron chi connectivity index (χ2n) is 7.00. The minimum absolute atomic E-state index is 0.0518. The molecule has 3 aromatic carbocycles. The minimum Gasteiger partial charge on any atom is -0.448 e. The topological polar surface area (TPSA) is 29.5 Å². The van der Waals surface area contributed by atoms with Crippen LogP contribution in [0.15, 0.2) is 78.9 Å². The summed E-state index contributed by atoms with van der Waals surface area (Å²) in [4.78, 5) is 14.3. The summed E-state index contributed by atoms with van der Waals surface area (Å²) in [5, 5.41) is 0. The molecule has 0 saturated heterocycles. The molecule has 1 aliphatic carbocycles. The van der Waals surface area contributed by atoms with Crippen molar-refractivity contribution >= 4 is 17.7 Å². The Hall–Kier alpha value is -2.78. The van der Waals surface area contributed by atoms with Crippen LogP contribution in [0.2, 0.25) is 0 Å². The van der Waals surface area contributed by atoms with Crippen molar-refractivity contribution in [2.45, 2.75) is 12.0 Å². The van der Waals surface area contributed by atoms with Crippen molar-refractivity contribution in [2.75, 3.05) is 19.5 Å². The zero-order valence-corrected chi connectivity index (χ0v) is 16.5. The van der Waals surface area contributed by atoms with E-state index in [1.54, 1.807) is 11.9 Å². The molecule has 0 N–H and O–H groups in total. The zero-order chi connectivity index (χ0) is 19.5. The van der Waals surface area contributed by atoms with E-state index in [-0.39, 0.29) is 18.1 Å². The maximum atomic E-state index is 12.7. The first-order valence-corrected chi connectivity index (χ1v) is 9.93. The largest absolute Gasteiger partial charge is 0.448 e. The first-order valence-electron chi connectivity index (χ1n) is 9.39. The van der Waals surface area contributed by atoms with Gasteiger partial charge in [-0.25, -0.2) is 4.79 Å². The van der Waals surface area contributed by atoms with Crippen LogP contribution >= 0.6 is 11.6 Å². The number of rotatable bonds is 5. The van der Waals surface area contributed by atoms with Crippen LogP contribution in [0.25, 0.3) is 11.1 Å². The van der Waals surface area contributed by atoms with Gasteiger partial charge in [0.1, 0.15) is 6.61 Å². The van der Waals surface area contributed by atoms with Crippen LogP contribution in [-0.2, 0) is 4.74 Å². The Labute approximate surface area is 170 Å². The molecule has 4 rings (SSSR count). The molecule has 28 heavy (non-hydrogen) atoms. The third kappa shape index (κ3) is 3.38. The van der Waals surface area contributed by atoms with E-state index < -0.39 is 0 Å². The fraction of sp³-hybridized carbons (Fsp3) is 0.208. The summed E-state index contributed by atoms with van der Waals surface area (Å²) in [7, 11) is 1.74. The highest BCUT2D eigenvalue weighted by atomic mass is 35.5. The average Bonchev–Trinajstić information content (AvgIpc) is 3.07. The lowest BCUT2D eigenvalue weighted by Gasteiger charge is -2.27. The number of hydrogen-bond acceptors (Lipinski definition) is 2. The number of carbonyl (C=O) groups is 1. The van der Waals surface area contributed by atoms with Crippen LogP contribution in [-0.4, -0.2) is 30.5 Å². The summed E-state index contributed by atoms with van der Waals surface area (Å²) < 4.78 is 5.73. The molecule has 0 saturated carbocycles. The summed E-state index contributed by atoms with van der Waals surface area (Å²) >= 11 is 6.15. The monoisotopic (exact) mass is 391 g/mol. The van der Waals surface area contributed by atoms with E-state index in [0.717, 1.165) is 5.56 Å². The molecule has 1 atom stereocenters. The van der Waals surface area contributed by atoms with Crippen LogP contribution in [0.5, 0.6) is 0 Å². The summed E-state index contributed by atoms with van der Waals surface area (Å²) in [6.45, 7) is 0.307. The van der Waals surface area contributed by atoms with Crippen molar-refractivity contribution in [2.24, 2.45) is 0 Å². The predicted octanol–water partition coefficient (Wildman–Crippen LogP) is 5.85. The Morgan fingerprint density at radius 3 is 2.04 bits per heavy atom. The fourth-order valence-electron chi connectivity index (χ4n) is 3.91. The zero-order valence-electron chi connectivity index (χ0n) is 15.7. The highest BCUT2D eigenvalue weighted by molar-refractivity contribution is 6.18. The second kappa shape index (κ2) is 8.07. The molecule has 0 aromatic heterocycles. The second-order valence-corrected chi connectivity index (χ2v) is 7.30. The number of halogens is 1. The smallest absolute Gasteiger partial charge is 0.410 e. The molecule has 0 aliphatic heterocycles. The molecule has 3 nitrogen and oxygen atoms in total. The van der Waals surface area contributed by atoms with Crippen LogP contribution in [0.4, 0.5) is 4.79 Å². The van der Waals surface area contributed by atoms with Gasteiger partial charge in [-0.2, -0.15) is 0 Å². The third-order valence-electron chi connectivity index (χ3n) is 5.42. The summed E-state index contributed by atoms with van der Waals surface area (Å²) in [5.74, 6) is 0.362. The lowest BCUT2D eigenvalue weighted by molar-refractivity contribution is 0.0974. The van der Waals surface area contributed by atoms with Gasteiger partial charge in [0.2, 0.25) is 0 Å². The van der Waals surface area contributed by atoms with Gasteiger partial charge in [0.15, 0.2) is 0 Å². The van der Waals surface area contributed by atoms with Gasteiger partial charge < -0.3 is 9.64 Å². The molecule has 0 spiro atoms. The van der Waals surface area contributed by atoms with E-state index in [1.807, 2.05) is 54.6 Å². The number of ether oxygens (including phenoxy) is 1. The van der Waals surface area contributed by atoms with Gasteiger partial charge in [-0.3, -0.25) is 0 Å². The van der Waals surface area contributed by atoms with Crippen LogP contribution in [0.3, 0.4) is 0 Å². The number of nitrogens with zero attached hydrogens (tertiary/aromatic N) is 1. The number of benzene rings is 3. The highest BCUT2D eigenvalue weighted by Gasteiger charge is 2.30. The van der Waals surface area contributed by atoms with Gasteiger partial charge in [-0.05, 0) is 27.8 Å². The Kier molecular flexibility index (Phi) is 5.36. The normalized spacial score (nSPS) is 13.5. The third-order valence-corrected chi connectivity index (χ3v) is 5.71. The molecule has 0 fully saturated rings. The van der Waals surface area contributed by atoms with Gasteiger partial charge in [0, 0.05) is 18.8 Å². The highest BCUT2D eigenvalue weighted by Crippen LogP contribution is 2.44. The summed E-state index contributed by atoms with van der Waals surface area (Å²) in [6.07, 6.45) is -0.364. The molecular formula is C24H22ClNO2.